The second-order valence-corrected chi connectivity index (χ2v) is 9.49. The Balaban J connectivity index is 1.82. The zero-order valence-corrected chi connectivity index (χ0v) is 20.3. The van der Waals surface area contributed by atoms with Crippen molar-refractivity contribution in [1.82, 2.24) is 15.1 Å². The molecule has 1 amide bonds. The van der Waals surface area contributed by atoms with Crippen LogP contribution in [0, 0.1) is 9.49 Å². The van der Waals surface area contributed by atoms with E-state index in [2.05, 4.69) is 45.2 Å². The van der Waals surface area contributed by atoms with Crippen LogP contribution in [-0.4, -0.2) is 33.4 Å². The first-order valence-corrected chi connectivity index (χ1v) is 11.8. The number of amides is 1. The molecule has 2 heterocycles. The number of halogens is 1. The third-order valence-corrected chi connectivity index (χ3v) is 7.15. The quantitative estimate of drug-likeness (QED) is 0.336. The Morgan fingerprint density at radius 3 is 2.83 bits per heavy atom. The predicted octanol–water partition coefficient (Wildman–Crippen LogP) is 3.90. The van der Waals surface area contributed by atoms with Gasteiger partial charge in [-0.1, -0.05) is 13.3 Å². The predicted molar refractivity (Wildman–Crippen MR) is 126 cm³/mol. The monoisotopic (exact) mass is 546 g/mol. The van der Waals surface area contributed by atoms with Gasteiger partial charge < -0.3 is 10.1 Å². The Hall–Kier alpha value is -1.53. The van der Waals surface area contributed by atoms with Crippen LogP contribution in [0.25, 0.3) is 0 Å². The van der Waals surface area contributed by atoms with Crippen molar-refractivity contribution in [3.8, 4) is 0 Å². The number of carbonyl (C=O) groups excluding carboxylic acids is 2. The number of thiocarbonyl (C=S) groups is 1. The summed E-state index contributed by atoms with van der Waals surface area (Å²) in [5.74, 6) is -0.0719. The average molecular weight is 546 g/mol. The number of aryl methyl sites for hydroxylation is 1. The number of thiophene rings is 1. The SMILES string of the molecule is CCOC(=O)c1c(NC(=S)NC(=O)c2c(I)cnn2C)sc2c1CC[C@H](CC)C2. The third-order valence-electron chi connectivity index (χ3n) is 4.99. The lowest BCUT2D eigenvalue weighted by atomic mass is 9.86. The molecular weight excluding hydrogens is 523 g/mol. The summed E-state index contributed by atoms with van der Waals surface area (Å²) in [5, 5.41) is 10.6. The molecule has 0 saturated carbocycles. The van der Waals surface area contributed by atoms with Crippen LogP contribution in [-0.2, 0) is 24.6 Å². The molecule has 156 valence electrons. The minimum Gasteiger partial charge on any atom is -0.462 e. The lowest BCUT2D eigenvalue weighted by Gasteiger charge is -2.21. The highest BCUT2D eigenvalue weighted by Crippen LogP contribution is 2.40. The van der Waals surface area contributed by atoms with Crippen LogP contribution in [0.5, 0.6) is 0 Å². The third kappa shape index (κ3) is 4.80. The minimum atomic E-state index is -0.350. The first-order valence-electron chi connectivity index (χ1n) is 9.47. The van der Waals surface area contributed by atoms with Crippen molar-refractivity contribution in [2.45, 2.75) is 39.5 Å². The van der Waals surface area contributed by atoms with Gasteiger partial charge in [-0.3, -0.25) is 14.8 Å². The van der Waals surface area contributed by atoms with Gasteiger partial charge in [0.2, 0.25) is 0 Å². The molecule has 0 saturated heterocycles. The molecule has 2 aromatic rings. The van der Waals surface area contributed by atoms with Gasteiger partial charge in [0.05, 0.1) is 21.9 Å². The summed E-state index contributed by atoms with van der Waals surface area (Å²) in [6.45, 7) is 4.29. The molecule has 0 spiro atoms. The van der Waals surface area contributed by atoms with Gasteiger partial charge in [-0.15, -0.1) is 11.3 Å². The van der Waals surface area contributed by atoms with Crippen molar-refractivity contribution in [2.24, 2.45) is 13.0 Å². The zero-order chi connectivity index (χ0) is 21.1. The molecule has 0 fully saturated rings. The van der Waals surface area contributed by atoms with Crippen molar-refractivity contribution in [1.29, 1.82) is 0 Å². The highest BCUT2D eigenvalue weighted by atomic mass is 127. The number of hydrogen-bond donors (Lipinski definition) is 2. The van der Waals surface area contributed by atoms with Crippen LogP contribution in [0.2, 0.25) is 0 Å². The molecule has 0 aliphatic heterocycles. The normalized spacial score (nSPS) is 15.5. The van der Waals surface area contributed by atoms with Crippen molar-refractivity contribution in [3.05, 3.63) is 31.5 Å². The maximum absolute atomic E-state index is 12.6. The first kappa shape index (κ1) is 22.2. The van der Waals surface area contributed by atoms with Gasteiger partial charge in [0.15, 0.2) is 5.11 Å². The van der Waals surface area contributed by atoms with Gasteiger partial charge in [0.1, 0.15) is 10.7 Å². The molecule has 3 rings (SSSR count). The Kier molecular flexibility index (Phi) is 7.28. The van der Waals surface area contributed by atoms with E-state index in [9.17, 15) is 9.59 Å². The Labute approximate surface area is 192 Å². The fraction of sp³-hybridized carbons (Fsp3) is 0.474. The molecular formula is C19H23IN4O3S2. The molecule has 1 aliphatic rings. The Morgan fingerprint density at radius 2 is 2.21 bits per heavy atom. The topological polar surface area (TPSA) is 85.2 Å². The highest BCUT2D eigenvalue weighted by molar-refractivity contribution is 14.1. The molecule has 29 heavy (non-hydrogen) atoms. The second-order valence-electron chi connectivity index (χ2n) is 6.82. The maximum Gasteiger partial charge on any atom is 0.341 e. The van der Waals surface area contributed by atoms with E-state index < -0.39 is 0 Å². The number of carbonyl (C=O) groups is 2. The van der Waals surface area contributed by atoms with Crippen LogP contribution in [0.3, 0.4) is 0 Å². The minimum absolute atomic E-state index is 0.142. The van der Waals surface area contributed by atoms with Crippen molar-refractivity contribution in [2.75, 3.05) is 11.9 Å². The molecule has 0 radical (unpaired) electrons. The van der Waals surface area contributed by atoms with Crippen LogP contribution >= 0.6 is 46.1 Å². The number of hydrogen-bond acceptors (Lipinski definition) is 6. The summed E-state index contributed by atoms with van der Waals surface area (Å²) in [6, 6.07) is 0. The molecule has 2 aromatic heterocycles. The van der Waals surface area contributed by atoms with E-state index >= 15 is 0 Å². The standard InChI is InChI=1S/C19H23IN4O3S2/c1-4-10-6-7-11-13(8-10)29-17(14(11)18(26)27-5-2)23-19(28)22-16(25)15-12(20)9-21-24(15)3/h9-10H,4-8H2,1-3H3,(H2,22,23,25,28)/t10-/m0/s1. The summed E-state index contributed by atoms with van der Waals surface area (Å²) >= 11 is 8.93. The Morgan fingerprint density at radius 1 is 1.45 bits per heavy atom. The molecule has 10 heteroatoms. The largest absolute Gasteiger partial charge is 0.462 e. The number of nitrogens with zero attached hydrogens (tertiary/aromatic N) is 2. The van der Waals surface area contributed by atoms with Crippen molar-refractivity contribution < 1.29 is 14.3 Å². The average Bonchev–Trinajstić information content (AvgIpc) is 3.19. The van der Waals surface area contributed by atoms with Crippen LogP contribution < -0.4 is 10.6 Å². The lowest BCUT2D eigenvalue weighted by molar-refractivity contribution is 0.0526. The van der Waals surface area contributed by atoms with E-state index in [1.54, 1.807) is 20.2 Å². The molecule has 1 aliphatic carbocycles. The van der Waals surface area contributed by atoms with Crippen LogP contribution in [0.1, 0.15) is 58.0 Å². The van der Waals surface area contributed by atoms with Gasteiger partial charge in [0, 0.05) is 11.9 Å². The fourth-order valence-electron chi connectivity index (χ4n) is 3.47. The van der Waals surface area contributed by atoms with Gasteiger partial charge in [-0.05, 0) is 72.5 Å². The van der Waals surface area contributed by atoms with Crippen LogP contribution in [0.4, 0.5) is 5.00 Å². The summed E-state index contributed by atoms with van der Waals surface area (Å²) in [4.78, 5) is 26.4. The van der Waals surface area contributed by atoms with Gasteiger partial charge >= 0.3 is 5.97 Å². The van der Waals surface area contributed by atoms with Gasteiger partial charge in [0.25, 0.3) is 5.91 Å². The number of aromatic nitrogens is 2. The van der Waals surface area contributed by atoms with E-state index in [1.807, 2.05) is 0 Å². The number of anilines is 1. The number of nitrogens with one attached hydrogen (secondary N) is 2. The van der Waals surface area contributed by atoms with Crippen molar-refractivity contribution in [3.63, 3.8) is 0 Å². The van der Waals surface area contributed by atoms with E-state index in [0.29, 0.717) is 28.8 Å². The number of rotatable bonds is 5. The second kappa shape index (κ2) is 9.52. The molecule has 1 atom stereocenters. The molecule has 0 unspecified atom stereocenters. The van der Waals surface area contributed by atoms with Crippen molar-refractivity contribution >= 4 is 68.1 Å². The molecule has 0 aromatic carbocycles. The number of ether oxygens (including phenoxy) is 1. The number of esters is 1. The number of fused-ring (bicyclic) bond motifs is 1. The fourth-order valence-corrected chi connectivity index (χ4v) is 5.81. The highest BCUT2D eigenvalue weighted by Gasteiger charge is 2.29. The van der Waals surface area contributed by atoms with Crippen LogP contribution in [0.15, 0.2) is 6.20 Å². The van der Waals surface area contributed by atoms with E-state index in [4.69, 9.17) is 17.0 Å². The lowest BCUT2D eigenvalue weighted by Crippen LogP contribution is -2.35. The molecule has 2 N–H and O–H groups in total. The van der Waals surface area contributed by atoms with E-state index in [0.717, 1.165) is 34.8 Å². The van der Waals surface area contributed by atoms with E-state index in [1.165, 1.54) is 20.9 Å². The molecule has 7 nitrogen and oxygen atoms in total. The first-order chi connectivity index (χ1) is 13.8. The maximum atomic E-state index is 12.6. The summed E-state index contributed by atoms with van der Waals surface area (Å²) in [5.41, 5.74) is 2.03. The summed E-state index contributed by atoms with van der Waals surface area (Å²) < 4.78 is 7.51. The molecule has 0 bridgehead atoms. The summed E-state index contributed by atoms with van der Waals surface area (Å²) in [7, 11) is 1.70. The van der Waals surface area contributed by atoms with Gasteiger partial charge in [-0.25, -0.2) is 4.79 Å². The zero-order valence-electron chi connectivity index (χ0n) is 16.5. The van der Waals surface area contributed by atoms with Gasteiger partial charge in [-0.2, -0.15) is 5.10 Å². The summed E-state index contributed by atoms with van der Waals surface area (Å²) in [6.07, 6.45) is 5.60. The smallest absolute Gasteiger partial charge is 0.341 e. The Bertz CT molecular complexity index is 934. The van der Waals surface area contributed by atoms with E-state index in [-0.39, 0.29) is 17.0 Å².